The summed E-state index contributed by atoms with van der Waals surface area (Å²) in [5.74, 6) is 0. The molecule has 3 aromatic carbocycles. The maximum absolute atomic E-state index is 13.0. The van der Waals surface area contributed by atoms with E-state index in [1.807, 2.05) is 50.2 Å². The van der Waals surface area contributed by atoms with Gasteiger partial charge in [-0.25, -0.2) is 0 Å². The van der Waals surface area contributed by atoms with E-state index in [9.17, 15) is 4.57 Å². The third kappa shape index (κ3) is 5.80. The first-order valence-electron chi connectivity index (χ1n) is 9.97. The van der Waals surface area contributed by atoms with Gasteiger partial charge in [0.1, 0.15) is 0 Å². The molecule has 0 bridgehead atoms. The summed E-state index contributed by atoms with van der Waals surface area (Å²) in [5.41, 5.74) is 3.53. The van der Waals surface area contributed by atoms with Crippen LogP contribution in [0.1, 0.15) is 25.0 Å². The molecular weight excluding hydrogens is 381 g/mol. The van der Waals surface area contributed by atoms with Crippen molar-refractivity contribution >= 4 is 18.6 Å². The topological polar surface area (TPSA) is 38.8 Å². The monoisotopic (exact) mass is 409 g/mol. The van der Waals surface area contributed by atoms with Gasteiger partial charge in [0, 0.05) is 18.8 Å². The molecule has 0 saturated carbocycles. The van der Waals surface area contributed by atoms with Crippen LogP contribution in [-0.2, 0) is 26.7 Å². The maximum Gasteiger partial charge on any atom is 0.361 e. The molecule has 0 atom stereocenters. The van der Waals surface area contributed by atoms with Gasteiger partial charge in [-0.3, -0.25) is 4.57 Å². The minimum Gasteiger partial charge on any atom is -0.363 e. The quantitative estimate of drug-likeness (QED) is 0.398. The highest BCUT2D eigenvalue weighted by Gasteiger charge is 2.26. The summed E-state index contributed by atoms with van der Waals surface area (Å²) < 4.78 is 24.0. The van der Waals surface area contributed by atoms with Crippen LogP contribution in [0, 0.1) is 0 Å². The van der Waals surface area contributed by atoms with Crippen molar-refractivity contribution in [2.45, 2.75) is 26.9 Å². The first-order chi connectivity index (χ1) is 14.1. The SMILES string of the molecule is CCOP(=O)(OCC)c1ccc(N(Cc2ccccc2)Cc2ccccc2)cc1. The molecule has 0 fully saturated rings. The van der Waals surface area contributed by atoms with Crippen molar-refractivity contribution in [1.29, 1.82) is 0 Å². The summed E-state index contributed by atoms with van der Waals surface area (Å²) in [6, 6.07) is 28.5. The van der Waals surface area contributed by atoms with E-state index in [1.54, 1.807) is 0 Å². The molecule has 3 rings (SSSR count). The summed E-state index contributed by atoms with van der Waals surface area (Å²) >= 11 is 0. The van der Waals surface area contributed by atoms with Crippen LogP contribution in [0.2, 0.25) is 0 Å². The Morgan fingerprint density at radius 1 is 0.690 bits per heavy atom. The molecule has 29 heavy (non-hydrogen) atoms. The van der Waals surface area contributed by atoms with E-state index in [2.05, 4.69) is 53.4 Å². The van der Waals surface area contributed by atoms with Crippen molar-refractivity contribution in [3.8, 4) is 0 Å². The standard InChI is InChI=1S/C24H28NO3P/c1-3-27-29(26,28-4-2)24-17-15-23(16-18-24)25(19-21-11-7-5-8-12-21)20-22-13-9-6-10-14-22/h5-18H,3-4,19-20H2,1-2H3. The fourth-order valence-electron chi connectivity index (χ4n) is 3.22. The Balaban J connectivity index is 1.87. The fraction of sp³-hybridized carbons (Fsp3) is 0.250. The summed E-state index contributed by atoms with van der Waals surface area (Å²) in [7, 11) is -3.27. The molecule has 0 heterocycles. The summed E-state index contributed by atoms with van der Waals surface area (Å²) in [6.07, 6.45) is 0. The highest BCUT2D eigenvalue weighted by atomic mass is 31.2. The fourth-order valence-corrected chi connectivity index (χ4v) is 4.79. The minimum absolute atomic E-state index is 0.340. The molecule has 152 valence electrons. The Hall–Kier alpha value is -2.39. The molecule has 0 unspecified atom stereocenters. The van der Waals surface area contributed by atoms with Crippen LogP contribution in [0.4, 0.5) is 5.69 Å². The predicted molar refractivity (Wildman–Crippen MR) is 120 cm³/mol. The van der Waals surface area contributed by atoms with Crippen molar-refractivity contribution in [2.75, 3.05) is 18.1 Å². The number of anilines is 1. The first-order valence-corrected chi connectivity index (χ1v) is 11.5. The summed E-state index contributed by atoms with van der Waals surface area (Å²) in [4.78, 5) is 2.31. The number of nitrogens with zero attached hydrogens (tertiary/aromatic N) is 1. The van der Waals surface area contributed by atoms with Gasteiger partial charge in [-0.05, 0) is 49.2 Å². The van der Waals surface area contributed by atoms with Crippen LogP contribution in [0.25, 0.3) is 0 Å². The number of hydrogen-bond acceptors (Lipinski definition) is 4. The largest absolute Gasteiger partial charge is 0.363 e. The van der Waals surface area contributed by atoms with Gasteiger partial charge in [-0.2, -0.15) is 0 Å². The van der Waals surface area contributed by atoms with E-state index in [0.29, 0.717) is 18.5 Å². The Bertz CT molecular complexity index is 862. The zero-order valence-electron chi connectivity index (χ0n) is 17.0. The highest BCUT2D eigenvalue weighted by molar-refractivity contribution is 7.62. The van der Waals surface area contributed by atoms with Crippen LogP contribution in [0.5, 0.6) is 0 Å². The molecular formula is C24H28NO3P. The molecule has 3 aromatic rings. The molecule has 0 aliphatic heterocycles. The molecule has 0 aliphatic rings. The molecule has 0 aromatic heterocycles. The average molecular weight is 409 g/mol. The lowest BCUT2D eigenvalue weighted by Crippen LogP contribution is -2.22. The van der Waals surface area contributed by atoms with Crippen molar-refractivity contribution in [2.24, 2.45) is 0 Å². The summed E-state index contributed by atoms with van der Waals surface area (Å²) in [6.45, 7) is 5.89. The third-order valence-electron chi connectivity index (χ3n) is 4.56. The Morgan fingerprint density at radius 2 is 1.14 bits per heavy atom. The van der Waals surface area contributed by atoms with Crippen LogP contribution in [0.15, 0.2) is 84.9 Å². The minimum atomic E-state index is -3.27. The first kappa shape index (κ1) is 21.3. The van der Waals surface area contributed by atoms with Crippen molar-refractivity contribution in [1.82, 2.24) is 0 Å². The molecule has 0 aliphatic carbocycles. The molecule has 5 heteroatoms. The Labute approximate surface area is 173 Å². The molecule has 4 nitrogen and oxygen atoms in total. The maximum atomic E-state index is 13.0. The predicted octanol–water partition coefficient (Wildman–Crippen LogP) is 5.78. The third-order valence-corrected chi connectivity index (χ3v) is 6.69. The zero-order valence-corrected chi connectivity index (χ0v) is 17.9. The number of rotatable bonds is 10. The Kier molecular flexibility index (Phi) is 7.65. The molecule has 0 saturated heterocycles. The van der Waals surface area contributed by atoms with E-state index in [0.717, 1.165) is 18.8 Å². The van der Waals surface area contributed by atoms with E-state index >= 15 is 0 Å². The second-order valence-corrected chi connectivity index (χ2v) is 8.70. The normalized spacial score (nSPS) is 11.4. The molecule has 0 spiro atoms. The van der Waals surface area contributed by atoms with Gasteiger partial charge in [0.15, 0.2) is 0 Å². The highest BCUT2D eigenvalue weighted by Crippen LogP contribution is 2.46. The van der Waals surface area contributed by atoms with Crippen LogP contribution in [0.3, 0.4) is 0 Å². The van der Waals surface area contributed by atoms with Crippen molar-refractivity contribution in [3.05, 3.63) is 96.1 Å². The van der Waals surface area contributed by atoms with Gasteiger partial charge in [0.2, 0.25) is 0 Å². The van der Waals surface area contributed by atoms with Crippen LogP contribution in [-0.4, -0.2) is 13.2 Å². The van der Waals surface area contributed by atoms with Gasteiger partial charge < -0.3 is 13.9 Å². The lowest BCUT2D eigenvalue weighted by atomic mass is 10.1. The zero-order chi connectivity index (χ0) is 20.5. The lowest BCUT2D eigenvalue weighted by Gasteiger charge is -2.26. The average Bonchev–Trinajstić information content (AvgIpc) is 2.75. The molecule has 0 N–H and O–H groups in total. The van der Waals surface area contributed by atoms with Gasteiger partial charge in [0.25, 0.3) is 0 Å². The van der Waals surface area contributed by atoms with E-state index < -0.39 is 7.60 Å². The second-order valence-electron chi connectivity index (χ2n) is 6.68. The lowest BCUT2D eigenvalue weighted by molar-refractivity contribution is 0.230. The van der Waals surface area contributed by atoms with Crippen molar-refractivity contribution < 1.29 is 13.6 Å². The van der Waals surface area contributed by atoms with E-state index in [-0.39, 0.29) is 0 Å². The molecule has 0 amide bonds. The van der Waals surface area contributed by atoms with E-state index in [4.69, 9.17) is 9.05 Å². The van der Waals surface area contributed by atoms with Crippen LogP contribution >= 0.6 is 7.60 Å². The van der Waals surface area contributed by atoms with Gasteiger partial charge in [0.05, 0.1) is 18.5 Å². The molecule has 0 radical (unpaired) electrons. The smallest absolute Gasteiger partial charge is 0.361 e. The van der Waals surface area contributed by atoms with Crippen molar-refractivity contribution in [3.63, 3.8) is 0 Å². The van der Waals surface area contributed by atoms with Gasteiger partial charge in [-0.1, -0.05) is 60.7 Å². The van der Waals surface area contributed by atoms with Gasteiger partial charge in [-0.15, -0.1) is 0 Å². The van der Waals surface area contributed by atoms with Crippen LogP contribution < -0.4 is 10.2 Å². The van der Waals surface area contributed by atoms with E-state index in [1.165, 1.54) is 11.1 Å². The Morgan fingerprint density at radius 3 is 1.55 bits per heavy atom. The summed E-state index contributed by atoms with van der Waals surface area (Å²) in [5, 5.41) is 0.587. The number of benzene rings is 3. The second kappa shape index (κ2) is 10.4. The number of hydrogen-bond donors (Lipinski definition) is 0. The van der Waals surface area contributed by atoms with Gasteiger partial charge >= 0.3 is 7.60 Å².